The number of nitrogens with zero attached hydrogens (tertiary/aromatic N) is 3. The number of benzene rings is 1. The maximum Gasteiger partial charge on any atom is 0.270 e. The smallest absolute Gasteiger partial charge is 0.258 e. The summed E-state index contributed by atoms with van der Waals surface area (Å²) in [6, 6.07) is 9.88. The van der Waals surface area contributed by atoms with Crippen LogP contribution in [-0.2, 0) is 0 Å². The zero-order valence-electron chi connectivity index (χ0n) is 9.11. The summed E-state index contributed by atoms with van der Waals surface area (Å²) >= 11 is 1.35. The van der Waals surface area contributed by atoms with Crippen LogP contribution in [0.15, 0.2) is 40.7 Å². The van der Waals surface area contributed by atoms with Crippen molar-refractivity contribution < 1.29 is 4.92 Å². The number of nitro groups is 1. The summed E-state index contributed by atoms with van der Waals surface area (Å²) in [5, 5.41) is 21.8. The van der Waals surface area contributed by atoms with Gasteiger partial charge in [-0.15, -0.1) is 11.3 Å². The van der Waals surface area contributed by atoms with E-state index in [1.165, 1.54) is 29.7 Å². The number of thiophene rings is 1. The molecule has 0 spiro atoms. The van der Waals surface area contributed by atoms with Gasteiger partial charge in [0, 0.05) is 18.3 Å². The number of non-ortho nitro benzene ring substituents is 1. The van der Waals surface area contributed by atoms with Crippen molar-refractivity contribution in [2.45, 2.75) is 0 Å². The second-order valence-corrected chi connectivity index (χ2v) is 4.26. The molecule has 2 aromatic rings. The number of hydrogen-bond acceptors (Lipinski definition) is 5. The molecule has 0 aliphatic heterocycles. The first kappa shape index (κ1) is 12.0. The van der Waals surface area contributed by atoms with Crippen LogP contribution in [0.2, 0.25) is 0 Å². The second kappa shape index (κ2) is 5.21. The van der Waals surface area contributed by atoms with Crippen molar-refractivity contribution in [3.63, 3.8) is 0 Å². The number of aliphatic imine (C=N–C) groups is 1. The van der Waals surface area contributed by atoms with E-state index in [4.69, 9.17) is 5.26 Å². The molecular weight excluding hydrogens is 250 g/mol. The molecule has 0 fully saturated rings. The third kappa shape index (κ3) is 2.59. The molecule has 1 heterocycles. The van der Waals surface area contributed by atoms with Gasteiger partial charge in [-0.25, -0.2) is 4.99 Å². The zero-order valence-corrected chi connectivity index (χ0v) is 9.92. The van der Waals surface area contributed by atoms with Gasteiger partial charge in [0.15, 0.2) is 0 Å². The molecule has 0 saturated carbocycles. The van der Waals surface area contributed by atoms with E-state index >= 15 is 0 Å². The molecule has 1 aromatic heterocycles. The predicted octanol–water partition coefficient (Wildman–Crippen LogP) is 3.28. The normalized spacial score (nSPS) is 10.4. The average Bonchev–Trinajstić information content (AvgIpc) is 2.84. The minimum atomic E-state index is -0.455. The number of nitro benzene ring substituents is 1. The van der Waals surface area contributed by atoms with Gasteiger partial charge in [0.1, 0.15) is 11.1 Å². The SMILES string of the molecule is N#Cc1ccsc1N=Cc1cccc([N+](=O)[O-])c1. The molecule has 0 aliphatic carbocycles. The number of hydrogen-bond donors (Lipinski definition) is 0. The fourth-order valence-corrected chi connectivity index (χ4v) is 2.03. The average molecular weight is 257 g/mol. The monoisotopic (exact) mass is 257 g/mol. The minimum Gasteiger partial charge on any atom is -0.258 e. The molecule has 0 bridgehead atoms. The molecule has 0 saturated heterocycles. The van der Waals surface area contributed by atoms with Crippen LogP contribution >= 0.6 is 11.3 Å². The molecule has 88 valence electrons. The highest BCUT2D eigenvalue weighted by atomic mass is 32.1. The van der Waals surface area contributed by atoms with E-state index in [0.717, 1.165) is 0 Å². The number of nitriles is 1. The van der Waals surface area contributed by atoms with Gasteiger partial charge >= 0.3 is 0 Å². The van der Waals surface area contributed by atoms with E-state index in [0.29, 0.717) is 16.1 Å². The van der Waals surface area contributed by atoms with Crippen molar-refractivity contribution in [3.8, 4) is 6.07 Å². The minimum absolute atomic E-state index is 0.0191. The third-order valence-corrected chi connectivity index (χ3v) is 3.00. The Kier molecular flexibility index (Phi) is 3.46. The molecule has 0 unspecified atom stereocenters. The van der Waals surface area contributed by atoms with Crippen molar-refractivity contribution in [1.82, 2.24) is 0 Å². The van der Waals surface area contributed by atoms with Gasteiger partial charge < -0.3 is 0 Å². The van der Waals surface area contributed by atoms with Crippen molar-refractivity contribution in [3.05, 3.63) is 57.0 Å². The van der Waals surface area contributed by atoms with Crippen molar-refractivity contribution in [2.75, 3.05) is 0 Å². The maximum atomic E-state index is 10.6. The lowest BCUT2D eigenvalue weighted by atomic mass is 10.2. The molecule has 0 atom stereocenters. The highest BCUT2D eigenvalue weighted by molar-refractivity contribution is 7.14. The van der Waals surface area contributed by atoms with Gasteiger partial charge in [0.2, 0.25) is 0 Å². The van der Waals surface area contributed by atoms with Gasteiger partial charge in [-0.2, -0.15) is 5.26 Å². The molecule has 0 aliphatic rings. The van der Waals surface area contributed by atoms with E-state index in [2.05, 4.69) is 4.99 Å². The third-order valence-electron chi connectivity index (χ3n) is 2.18. The molecule has 1 aromatic carbocycles. The van der Waals surface area contributed by atoms with Crippen molar-refractivity contribution in [1.29, 1.82) is 5.26 Å². The Morgan fingerprint density at radius 3 is 3.00 bits per heavy atom. The van der Waals surface area contributed by atoms with Gasteiger partial charge in [-0.3, -0.25) is 10.1 Å². The largest absolute Gasteiger partial charge is 0.270 e. The first-order valence-corrected chi connectivity index (χ1v) is 5.85. The Morgan fingerprint density at radius 1 is 1.44 bits per heavy atom. The second-order valence-electron chi connectivity index (χ2n) is 3.36. The van der Waals surface area contributed by atoms with Crippen LogP contribution in [0, 0.1) is 21.4 Å². The van der Waals surface area contributed by atoms with Crippen LogP contribution in [0.25, 0.3) is 0 Å². The zero-order chi connectivity index (χ0) is 13.0. The Hall–Kier alpha value is -2.52. The van der Waals surface area contributed by atoms with Crippen molar-refractivity contribution >= 4 is 28.2 Å². The summed E-state index contributed by atoms with van der Waals surface area (Å²) in [6.45, 7) is 0. The molecule has 6 heteroatoms. The number of rotatable bonds is 3. The van der Waals surface area contributed by atoms with E-state index in [1.807, 2.05) is 6.07 Å². The van der Waals surface area contributed by atoms with Crippen LogP contribution in [0.3, 0.4) is 0 Å². The molecule has 18 heavy (non-hydrogen) atoms. The van der Waals surface area contributed by atoms with Crippen LogP contribution in [0.4, 0.5) is 10.7 Å². The summed E-state index contributed by atoms with van der Waals surface area (Å²) in [5.41, 5.74) is 1.15. The molecular formula is C12H7N3O2S. The van der Waals surface area contributed by atoms with Crippen LogP contribution in [0.5, 0.6) is 0 Å². The molecule has 0 amide bonds. The van der Waals surface area contributed by atoms with Gasteiger partial charge in [0.25, 0.3) is 5.69 Å². The van der Waals surface area contributed by atoms with Gasteiger partial charge in [0.05, 0.1) is 10.5 Å². The van der Waals surface area contributed by atoms with Gasteiger partial charge in [-0.1, -0.05) is 12.1 Å². The lowest BCUT2D eigenvalue weighted by molar-refractivity contribution is -0.384. The van der Waals surface area contributed by atoms with Crippen LogP contribution in [-0.4, -0.2) is 11.1 Å². The fraction of sp³-hybridized carbons (Fsp3) is 0. The summed E-state index contributed by atoms with van der Waals surface area (Å²) in [7, 11) is 0. The van der Waals surface area contributed by atoms with E-state index < -0.39 is 4.92 Å². The van der Waals surface area contributed by atoms with Crippen LogP contribution in [0.1, 0.15) is 11.1 Å². The summed E-state index contributed by atoms with van der Waals surface area (Å²) in [6.07, 6.45) is 1.51. The Bertz CT molecular complexity index is 655. The Balaban J connectivity index is 2.27. The maximum absolute atomic E-state index is 10.6. The first-order chi connectivity index (χ1) is 8.70. The summed E-state index contributed by atoms with van der Waals surface area (Å²) < 4.78 is 0. The van der Waals surface area contributed by atoms with E-state index in [9.17, 15) is 10.1 Å². The lowest BCUT2D eigenvalue weighted by Crippen LogP contribution is -1.89. The molecule has 2 rings (SSSR count). The van der Waals surface area contributed by atoms with Gasteiger partial charge in [-0.05, 0) is 17.0 Å². The first-order valence-electron chi connectivity index (χ1n) is 4.97. The molecule has 0 N–H and O–H groups in total. The fourth-order valence-electron chi connectivity index (χ4n) is 1.34. The highest BCUT2D eigenvalue weighted by Gasteiger charge is 2.04. The standard InChI is InChI=1S/C12H7N3O2S/c13-7-10-4-5-18-12(10)14-8-9-2-1-3-11(6-9)15(16)17/h1-6,8H. The topological polar surface area (TPSA) is 79.3 Å². The predicted molar refractivity (Wildman–Crippen MR) is 69.4 cm³/mol. The van der Waals surface area contributed by atoms with E-state index in [-0.39, 0.29) is 5.69 Å². The van der Waals surface area contributed by atoms with Crippen molar-refractivity contribution in [2.24, 2.45) is 4.99 Å². The van der Waals surface area contributed by atoms with E-state index in [1.54, 1.807) is 23.6 Å². The molecule has 5 nitrogen and oxygen atoms in total. The quantitative estimate of drug-likeness (QED) is 0.480. The summed E-state index contributed by atoms with van der Waals surface area (Å²) in [5.74, 6) is 0. The Labute approximate surface area is 107 Å². The highest BCUT2D eigenvalue weighted by Crippen LogP contribution is 2.25. The van der Waals surface area contributed by atoms with Crippen LogP contribution < -0.4 is 0 Å². The lowest BCUT2D eigenvalue weighted by Gasteiger charge is -1.93. The Morgan fingerprint density at radius 2 is 2.28 bits per heavy atom. The summed E-state index contributed by atoms with van der Waals surface area (Å²) in [4.78, 5) is 14.3. The molecule has 0 radical (unpaired) electrons.